The van der Waals surface area contributed by atoms with Gasteiger partial charge in [-0.3, -0.25) is 4.79 Å². The number of amides is 1. The lowest BCUT2D eigenvalue weighted by molar-refractivity contribution is -0.129. The number of nitrogens with one attached hydrogen (secondary N) is 2. The van der Waals surface area contributed by atoms with Crippen molar-refractivity contribution in [3.63, 3.8) is 0 Å². The Morgan fingerprint density at radius 1 is 1.11 bits per heavy atom. The maximum Gasteiger partial charge on any atom is 0.338 e. The van der Waals surface area contributed by atoms with Gasteiger partial charge in [0.2, 0.25) is 10.0 Å². The van der Waals surface area contributed by atoms with E-state index in [1.54, 1.807) is 0 Å². The lowest BCUT2D eigenvalue weighted by atomic mass is 10.2. The highest BCUT2D eigenvalue weighted by Crippen LogP contribution is 2.25. The number of methoxy groups -OCH3 is 1. The van der Waals surface area contributed by atoms with Crippen LogP contribution in [0.3, 0.4) is 0 Å². The Morgan fingerprint density at radius 3 is 2.39 bits per heavy atom. The molecule has 2 aromatic carbocycles. The van der Waals surface area contributed by atoms with Crippen molar-refractivity contribution in [2.75, 3.05) is 14.2 Å². The van der Waals surface area contributed by atoms with Gasteiger partial charge in [-0.05, 0) is 37.7 Å². The minimum atomic E-state index is -3.84. The van der Waals surface area contributed by atoms with Gasteiger partial charge in [0, 0.05) is 6.54 Å². The van der Waals surface area contributed by atoms with Crippen molar-refractivity contribution < 1.29 is 27.5 Å². The molecule has 2 aromatic rings. The highest BCUT2D eigenvalue weighted by molar-refractivity contribution is 7.89. The Hall–Kier alpha value is -2.91. The van der Waals surface area contributed by atoms with E-state index in [0.717, 1.165) is 11.6 Å². The number of esters is 1. The molecular weight excluding hydrogens is 384 g/mol. The van der Waals surface area contributed by atoms with Crippen LogP contribution in [0, 0.1) is 0 Å². The van der Waals surface area contributed by atoms with E-state index in [2.05, 4.69) is 10.0 Å². The van der Waals surface area contributed by atoms with Crippen LogP contribution in [-0.4, -0.2) is 40.6 Å². The van der Waals surface area contributed by atoms with Crippen molar-refractivity contribution in [1.29, 1.82) is 0 Å². The topological polar surface area (TPSA) is 111 Å². The molecule has 1 amide bonds. The van der Waals surface area contributed by atoms with Crippen molar-refractivity contribution in [3.8, 4) is 5.75 Å². The molecule has 9 heteroatoms. The molecule has 0 aliphatic rings. The van der Waals surface area contributed by atoms with Crippen molar-refractivity contribution in [2.24, 2.45) is 0 Å². The summed E-state index contributed by atoms with van der Waals surface area (Å²) in [5.41, 5.74) is 0.892. The molecule has 0 spiro atoms. The van der Waals surface area contributed by atoms with Gasteiger partial charge < -0.3 is 14.8 Å². The SMILES string of the molecule is CNS(=O)(=O)c1cc(C(=O)O[C@@H](C)C(=O)NCc2ccccc2)ccc1OC. The third kappa shape index (κ3) is 5.30. The number of rotatable bonds is 8. The average Bonchev–Trinajstić information content (AvgIpc) is 2.72. The van der Waals surface area contributed by atoms with Crippen LogP contribution in [0.2, 0.25) is 0 Å². The lowest BCUT2D eigenvalue weighted by Gasteiger charge is -2.15. The van der Waals surface area contributed by atoms with E-state index in [1.807, 2.05) is 30.3 Å². The van der Waals surface area contributed by atoms with Crippen molar-refractivity contribution in [2.45, 2.75) is 24.5 Å². The third-order valence-corrected chi connectivity index (χ3v) is 5.36. The van der Waals surface area contributed by atoms with Crippen molar-refractivity contribution >= 4 is 21.9 Å². The summed E-state index contributed by atoms with van der Waals surface area (Å²) >= 11 is 0. The van der Waals surface area contributed by atoms with Crippen LogP contribution in [0.25, 0.3) is 0 Å². The van der Waals surface area contributed by atoms with Gasteiger partial charge in [-0.2, -0.15) is 0 Å². The molecule has 0 heterocycles. The lowest BCUT2D eigenvalue weighted by Crippen LogP contribution is -2.35. The fourth-order valence-electron chi connectivity index (χ4n) is 2.33. The second kappa shape index (κ2) is 9.34. The summed E-state index contributed by atoms with van der Waals surface area (Å²) in [7, 11) is -1.27. The van der Waals surface area contributed by atoms with Crippen molar-refractivity contribution in [3.05, 3.63) is 59.7 Å². The van der Waals surface area contributed by atoms with Gasteiger partial charge in [-0.15, -0.1) is 0 Å². The van der Waals surface area contributed by atoms with Crippen LogP contribution in [-0.2, 0) is 26.1 Å². The van der Waals surface area contributed by atoms with Crippen molar-refractivity contribution in [1.82, 2.24) is 10.0 Å². The van der Waals surface area contributed by atoms with Gasteiger partial charge >= 0.3 is 5.97 Å². The van der Waals surface area contributed by atoms with Gasteiger partial charge in [0.1, 0.15) is 10.6 Å². The first-order valence-electron chi connectivity index (χ1n) is 8.42. The molecule has 0 bridgehead atoms. The average molecular weight is 406 g/mol. The number of ether oxygens (including phenoxy) is 2. The molecule has 0 saturated heterocycles. The number of hydrogen-bond donors (Lipinski definition) is 2. The molecule has 150 valence electrons. The summed E-state index contributed by atoms with van der Waals surface area (Å²) in [6.07, 6.45) is -1.05. The van der Waals surface area contributed by atoms with E-state index < -0.39 is 28.0 Å². The van der Waals surface area contributed by atoms with E-state index in [-0.39, 0.29) is 16.2 Å². The second-order valence-corrected chi connectivity index (χ2v) is 7.68. The number of hydrogen-bond acceptors (Lipinski definition) is 6. The van der Waals surface area contributed by atoms with Gasteiger partial charge in [0.15, 0.2) is 6.10 Å². The highest BCUT2D eigenvalue weighted by atomic mass is 32.2. The Labute approximate surface area is 163 Å². The van der Waals surface area contributed by atoms with Gasteiger partial charge in [0.25, 0.3) is 5.91 Å². The third-order valence-electron chi connectivity index (χ3n) is 3.92. The van der Waals surface area contributed by atoms with Gasteiger partial charge in [0.05, 0.1) is 12.7 Å². The number of carbonyl (C=O) groups excluding carboxylic acids is 2. The van der Waals surface area contributed by atoms with E-state index >= 15 is 0 Å². The van der Waals surface area contributed by atoms with Crippen LogP contribution in [0.15, 0.2) is 53.4 Å². The fraction of sp³-hybridized carbons (Fsp3) is 0.263. The highest BCUT2D eigenvalue weighted by Gasteiger charge is 2.23. The zero-order valence-corrected chi connectivity index (χ0v) is 16.6. The molecule has 8 nitrogen and oxygen atoms in total. The Morgan fingerprint density at radius 2 is 1.79 bits per heavy atom. The Kier molecular flexibility index (Phi) is 7.13. The first-order chi connectivity index (χ1) is 13.3. The fourth-order valence-corrected chi connectivity index (χ4v) is 3.25. The molecule has 0 unspecified atom stereocenters. The largest absolute Gasteiger partial charge is 0.495 e. The standard InChI is InChI=1S/C19H22N2O6S/c1-13(18(22)21-12-14-7-5-4-6-8-14)27-19(23)15-9-10-16(26-3)17(11-15)28(24,25)20-2/h4-11,13,20H,12H2,1-3H3,(H,21,22)/t13-/m0/s1. The van der Waals surface area contributed by atoms with Gasteiger partial charge in [-0.25, -0.2) is 17.9 Å². The second-order valence-electron chi connectivity index (χ2n) is 5.82. The molecule has 2 N–H and O–H groups in total. The number of sulfonamides is 1. The zero-order valence-electron chi connectivity index (χ0n) is 15.8. The monoisotopic (exact) mass is 406 g/mol. The van der Waals surface area contributed by atoms with Crippen LogP contribution in [0.4, 0.5) is 0 Å². The first kappa shape index (κ1) is 21.4. The van der Waals surface area contributed by atoms with Crippen LogP contribution >= 0.6 is 0 Å². The predicted octanol–water partition coefficient (Wildman–Crippen LogP) is 1.46. The van der Waals surface area contributed by atoms with Crippen LogP contribution in [0.5, 0.6) is 5.75 Å². The number of carbonyl (C=O) groups is 2. The van der Waals surface area contributed by atoms with Gasteiger partial charge in [-0.1, -0.05) is 30.3 Å². The van der Waals surface area contributed by atoms with Crippen LogP contribution in [0.1, 0.15) is 22.8 Å². The molecule has 0 aromatic heterocycles. The minimum Gasteiger partial charge on any atom is -0.495 e. The predicted molar refractivity (Wildman–Crippen MR) is 102 cm³/mol. The molecule has 0 saturated carbocycles. The molecular formula is C19H22N2O6S. The maximum absolute atomic E-state index is 12.3. The first-order valence-corrected chi connectivity index (χ1v) is 9.91. The molecule has 28 heavy (non-hydrogen) atoms. The molecule has 0 aliphatic carbocycles. The van der Waals surface area contributed by atoms with E-state index in [4.69, 9.17) is 9.47 Å². The molecule has 0 radical (unpaired) electrons. The summed E-state index contributed by atoms with van der Waals surface area (Å²) in [5.74, 6) is -1.20. The summed E-state index contributed by atoms with van der Waals surface area (Å²) < 4.78 is 36.5. The van der Waals surface area contributed by atoms with E-state index in [1.165, 1.54) is 33.2 Å². The minimum absolute atomic E-state index is 0.0164. The van der Waals surface area contributed by atoms with Crippen LogP contribution < -0.4 is 14.8 Å². The Balaban J connectivity index is 2.07. The summed E-state index contributed by atoms with van der Waals surface area (Å²) in [4.78, 5) is 24.3. The van der Waals surface area contributed by atoms with E-state index in [0.29, 0.717) is 6.54 Å². The summed E-state index contributed by atoms with van der Waals surface area (Å²) in [5, 5.41) is 2.68. The summed E-state index contributed by atoms with van der Waals surface area (Å²) in [6, 6.07) is 13.1. The maximum atomic E-state index is 12.3. The smallest absolute Gasteiger partial charge is 0.338 e. The number of benzene rings is 2. The summed E-state index contributed by atoms with van der Waals surface area (Å²) in [6.45, 7) is 1.74. The molecule has 2 rings (SSSR count). The molecule has 0 fully saturated rings. The molecule has 1 atom stereocenters. The van der Waals surface area contributed by atoms with E-state index in [9.17, 15) is 18.0 Å². The Bertz CT molecular complexity index is 944. The normalized spacial score (nSPS) is 12.1. The quantitative estimate of drug-likeness (QED) is 0.642. The molecule has 0 aliphatic heterocycles. The zero-order chi connectivity index (χ0) is 20.7.